The van der Waals surface area contributed by atoms with E-state index in [1.165, 1.54) is 16.5 Å². The van der Waals surface area contributed by atoms with Gasteiger partial charge in [-0.2, -0.15) is 0 Å². The minimum Gasteiger partial charge on any atom is -0.361 e. The number of para-hydroxylation sites is 1. The summed E-state index contributed by atoms with van der Waals surface area (Å²) in [5.74, 6) is 0.326. The average Bonchev–Trinajstić information content (AvgIpc) is 3.22. The van der Waals surface area contributed by atoms with Gasteiger partial charge in [0.1, 0.15) is 0 Å². The van der Waals surface area contributed by atoms with Gasteiger partial charge in [-0.05, 0) is 62.1 Å². The molecule has 2 amide bonds. The lowest BCUT2D eigenvalue weighted by Crippen LogP contribution is -2.46. The maximum atomic E-state index is 13.7. The highest BCUT2D eigenvalue weighted by molar-refractivity contribution is 5.85. The first kappa shape index (κ1) is 28.5. The van der Waals surface area contributed by atoms with Gasteiger partial charge in [-0.3, -0.25) is 9.59 Å². The molecule has 1 aromatic heterocycles. The van der Waals surface area contributed by atoms with Gasteiger partial charge in [0.2, 0.25) is 11.8 Å². The Balaban J connectivity index is 1.75. The summed E-state index contributed by atoms with van der Waals surface area (Å²) < 4.78 is 0. The lowest BCUT2D eigenvalue weighted by molar-refractivity contribution is -0.143. The molecule has 2 aromatic carbocycles. The van der Waals surface area contributed by atoms with Crippen molar-refractivity contribution in [1.82, 2.24) is 14.8 Å². The Morgan fingerprint density at radius 1 is 0.946 bits per heavy atom. The first-order chi connectivity index (χ1) is 17.4. The molecule has 1 unspecified atom stereocenters. The third-order valence-corrected chi connectivity index (χ3v) is 6.91. The molecule has 5 nitrogen and oxygen atoms in total. The van der Waals surface area contributed by atoms with Crippen LogP contribution >= 0.6 is 0 Å². The number of hydrogen-bond donors (Lipinski definition) is 1. The van der Waals surface area contributed by atoms with Crippen LogP contribution in [0.3, 0.4) is 0 Å². The molecule has 0 aliphatic carbocycles. The summed E-state index contributed by atoms with van der Waals surface area (Å²) in [5.41, 5.74) is 4.77. The topological polar surface area (TPSA) is 56.4 Å². The minimum atomic E-state index is -0.0341. The zero-order chi connectivity index (χ0) is 27.2. The predicted octanol–water partition coefficient (Wildman–Crippen LogP) is 6.75. The summed E-state index contributed by atoms with van der Waals surface area (Å²) in [6.45, 7) is 16.0. The number of benzene rings is 2. The number of carbonyl (C=O) groups is 2. The fourth-order valence-electron chi connectivity index (χ4n) is 5.14. The molecule has 0 saturated heterocycles. The first-order valence-corrected chi connectivity index (χ1v) is 13.6. The van der Waals surface area contributed by atoms with Crippen molar-refractivity contribution in [2.45, 2.75) is 80.3 Å². The van der Waals surface area contributed by atoms with Crippen LogP contribution in [-0.4, -0.2) is 45.7 Å². The van der Waals surface area contributed by atoms with Crippen molar-refractivity contribution in [3.05, 3.63) is 71.4 Å². The maximum absolute atomic E-state index is 13.7. The summed E-state index contributed by atoms with van der Waals surface area (Å²) in [5, 5.41) is 1.19. The van der Waals surface area contributed by atoms with Crippen molar-refractivity contribution in [2.24, 2.45) is 11.3 Å². The van der Waals surface area contributed by atoms with Gasteiger partial charge in [0, 0.05) is 42.7 Å². The van der Waals surface area contributed by atoms with Crippen molar-refractivity contribution in [1.29, 1.82) is 0 Å². The lowest BCUT2D eigenvalue weighted by Gasteiger charge is -2.32. The summed E-state index contributed by atoms with van der Waals surface area (Å²) in [6.07, 6.45) is 4.23. The average molecular weight is 504 g/mol. The van der Waals surface area contributed by atoms with Crippen molar-refractivity contribution in [3.63, 3.8) is 0 Å². The highest BCUT2D eigenvalue weighted by Crippen LogP contribution is 2.26. The van der Waals surface area contributed by atoms with Crippen LogP contribution in [0.5, 0.6) is 0 Å². The molecule has 200 valence electrons. The monoisotopic (exact) mass is 503 g/mol. The fourth-order valence-corrected chi connectivity index (χ4v) is 5.14. The second kappa shape index (κ2) is 12.4. The van der Waals surface area contributed by atoms with E-state index < -0.39 is 0 Å². The summed E-state index contributed by atoms with van der Waals surface area (Å²) in [4.78, 5) is 34.0. The number of nitrogens with one attached hydrogen (secondary N) is 1. The van der Waals surface area contributed by atoms with Crippen LogP contribution in [0.25, 0.3) is 10.9 Å². The molecular formula is C32H45N3O2. The van der Waals surface area contributed by atoms with E-state index >= 15 is 0 Å². The largest absolute Gasteiger partial charge is 0.361 e. The van der Waals surface area contributed by atoms with Crippen LogP contribution < -0.4 is 0 Å². The van der Waals surface area contributed by atoms with Crippen molar-refractivity contribution in [3.8, 4) is 0 Å². The lowest BCUT2D eigenvalue weighted by atomic mass is 9.84. The molecule has 0 aliphatic rings. The van der Waals surface area contributed by atoms with E-state index in [0.717, 1.165) is 23.9 Å². The molecule has 3 aromatic rings. The normalized spacial score (nSPS) is 12.6. The number of amides is 2. The van der Waals surface area contributed by atoms with Crippen molar-refractivity contribution in [2.75, 3.05) is 13.1 Å². The maximum Gasteiger partial charge on any atom is 0.242 e. The van der Waals surface area contributed by atoms with Gasteiger partial charge < -0.3 is 14.8 Å². The molecule has 37 heavy (non-hydrogen) atoms. The number of nitrogens with zero attached hydrogens (tertiary/aromatic N) is 2. The molecule has 0 saturated carbocycles. The molecule has 0 aliphatic heterocycles. The van der Waals surface area contributed by atoms with E-state index in [1.807, 2.05) is 37.1 Å². The van der Waals surface area contributed by atoms with Crippen molar-refractivity contribution < 1.29 is 9.59 Å². The molecular weight excluding hydrogens is 458 g/mol. The first-order valence-electron chi connectivity index (χ1n) is 13.6. The Morgan fingerprint density at radius 3 is 2.27 bits per heavy atom. The molecule has 3 rings (SSSR count). The predicted molar refractivity (Wildman–Crippen MR) is 153 cm³/mol. The van der Waals surface area contributed by atoms with E-state index in [-0.39, 0.29) is 35.7 Å². The molecule has 0 radical (unpaired) electrons. The standard InChI is InChI=1S/C32H45N3O2/c1-23(2)35(30(36)18-25(4)19-32(5,6)7)22-31(37)34(21-26-14-12-24(3)13-15-26)17-16-27-20-33-29-11-9-8-10-28(27)29/h8-15,20,23,25,33H,16-19,21-22H2,1-7H3. The molecule has 0 fully saturated rings. The molecule has 1 atom stereocenters. The second-order valence-corrected chi connectivity index (χ2v) is 12.1. The third kappa shape index (κ3) is 8.48. The molecule has 5 heteroatoms. The van der Waals surface area contributed by atoms with E-state index in [4.69, 9.17) is 0 Å². The van der Waals surface area contributed by atoms with Gasteiger partial charge in [-0.1, -0.05) is 75.7 Å². The van der Waals surface area contributed by atoms with Crippen LogP contribution in [0.15, 0.2) is 54.7 Å². The zero-order valence-corrected chi connectivity index (χ0v) is 23.8. The summed E-state index contributed by atoms with van der Waals surface area (Å²) in [7, 11) is 0. The number of hydrogen-bond acceptors (Lipinski definition) is 2. The van der Waals surface area contributed by atoms with Crippen LogP contribution in [0.2, 0.25) is 0 Å². The molecule has 0 bridgehead atoms. The number of aromatic amines is 1. The summed E-state index contributed by atoms with van der Waals surface area (Å²) >= 11 is 0. The summed E-state index contributed by atoms with van der Waals surface area (Å²) in [6, 6.07) is 16.6. The highest BCUT2D eigenvalue weighted by Gasteiger charge is 2.26. The van der Waals surface area contributed by atoms with E-state index in [9.17, 15) is 9.59 Å². The Kier molecular flexibility index (Phi) is 9.58. The van der Waals surface area contributed by atoms with Crippen LogP contribution in [0.1, 0.15) is 71.1 Å². The van der Waals surface area contributed by atoms with Gasteiger partial charge in [0.05, 0.1) is 6.54 Å². The Morgan fingerprint density at radius 2 is 1.62 bits per heavy atom. The Bertz CT molecular complexity index is 1170. The SMILES string of the molecule is Cc1ccc(CN(CCc2c[nH]c3ccccc23)C(=O)CN(C(=O)CC(C)CC(C)(C)C)C(C)C)cc1. The second-order valence-electron chi connectivity index (χ2n) is 12.1. The van der Waals surface area contributed by atoms with Gasteiger partial charge in [-0.25, -0.2) is 0 Å². The van der Waals surface area contributed by atoms with Gasteiger partial charge >= 0.3 is 0 Å². The third-order valence-electron chi connectivity index (χ3n) is 6.91. The number of carbonyl (C=O) groups excluding carboxylic acids is 2. The Labute approximate surface area is 223 Å². The fraction of sp³-hybridized carbons (Fsp3) is 0.500. The van der Waals surface area contributed by atoms with Gasteiger partial charge in [-0.15, -0.1) is 0 Å². The minimum absolute atomic E-state index is 0.00839. The zero-order valence-electron chi connectivity index (χ0n) is 23.8. The smallest absolute Gasteiger partial charge is 0.242 e. The highest BCUT2D eigenvalue weighted by atomic mass is 16.2. The quantitative estimate of drug-likeness (QED) is 0.315. The number of aryl methyl sites for hydroxylation is 1. The van der Waals surface area contributed by atoms with Gasteiger partial charge in [0.15, 0.2) is 0 Å². The van der Waals surface area contributed by atoms with E-state index in [0.29, 0.717) is 19.5 Å². The number of fused-ring (bicyclic) bond motifs is 1. The van der Waals surface area contributed by atoms with Crippen LogP contribution in [-0.2, 0) is 22.6 Å². The molecule has 1 N–H and O–H groups in total. The number of rotatable bonds is 11. The van der Waals surface area contributed by atoms with Crippen LogP contribution in [0, 0.1) is 18.3 Å². The van der Waals surface area contributed by atoms with Crippen LogP contribution in [0.4, 0.5) is 0 Å². The van der Waals surface area contributed by atoms with Gasteiger partial charge in [0.25, 0.3) is 0 Å². The van der Waals surface area contributed by atoms with E-state index in [1.54, 1.807) is 4.90 Å². The number of H-pyrrole nitrogens is 1. The molecule has 0 spiro atoms. The van der Waals surface area contributed by atoms with E-state index in [2.05, 4.69) is 76.0 Å². The number of aromatic nitrogens is 1. The molecule has 1 heterocycles. The Hall–Kier alpha value is -3.08. The van der Waals surface area contributed by atoms with Crippen molar-refractivity contribution >= 4 is 22.7 Å².